The molecule has 1 aliphatic rings. The zero-order chi connectivity index (χ0) is 10.4. The van der Waals surface area contributed by atoms with Crippen molar-refractivity contribution in [3.8, 4) is 0 Å². The molecule has 0 N–H and O–H groups in total. The minimum Gasteiger partial charge on any atom is -0.453 e. The number of hydrogen-bond donors (Lipinski definition) is 0. The third-order valence-corrected chi connectivity index (χ3v) is 2.93. The summed E-state index contributed by atoms with van der Waals surface area (Å²) in [5.41, 5.74) is 0. The molecule has 3 heteroatoms. The van der Waals surface area contributed by atoms with Gasteiger partial charge in [-0.15, -0.1) is 0 Å². The van der Waals surface area contributed by atoms with Crippen molar-refractivity contribution in [2.45, 2.75) is 51.5 Å². The highest BCUT2D eigenvalue weighted by Gasteiger charge is 2.26. The fourth-order valence-electron chi connectivity index (χ4n) is 2.10. The van der Waals surface area contributed by atoms with Crippen molar-refractivity contribution in [2.24, 2.45) is 0 Å². The first-order chi connectivity index (χ1) is 6.79. The van der Waals surface area contributed by atoms with Crippen LogP contribution in [0.1, 0.15) is 45.4 Å². The number of carbonyl (C=O) groups is 1. The normalized spacial score (nSPS) is 22.1. The Balaban J connectivity index is 2.45. The van der Waals surface area contributed by atoms with Crippen LogP contribution in [0.15, 0.2) is 0 Å². The first kappa shape index (κ1) is 11.3. The lowest BCUT2D eigenvalue weighted by atomic mass is 9.98. The summed E-state index contributed by atoms with van der Waals surface area (Å²) in [5, 5.41) is 0. The van der Waals surface area contributed by atoms with Crippen molar-refractivity contribution in [3.63, 3.8) is 0 Å². The molecule has 1 fully saturated rings. The van der Waals surface area contributed by atoms with Gasteiger partial charge in [0.1, 0.15) is 0 Å². The van der Waals surface area contributed by atoms with Crippen molar-refractivity contribution < 1.29 is 9.53 Å². The first-order valence-electron chi connectivity index (χ1n) is 5.64. The van der Waals surface area contributed by atoms with Gasteiger partial charge < -0.3 is 9.64 Å². The van der Waals surface area contributed by atoms with Gasteiger partial charge in [0.2, 0.25) is 0 Å². The van der Waals surface area contributed by atoms with Gasteiger partial charge >= 0.3 is 6.09 Å². The van der Waals surface area contributed by atoms with Crippen LogP contribution in [0.25, 0.3) is 0 Å². The maximum Gasteiger partial charge on any atom is 0.409 e. The predicted molar refractivity (Wildman–Crippen MR) is 56.3 cm³/mol. The average molecular weight is 199 g/mol. The first-order valence-corrected chi connectivity index (χ1v) is 5.64. The third kappa shape index (κ3) is 2.89. The molecule has 1 unspecified atom stereocenters. The molecule has 0 bridgehead atoms. The molecule has 1 atom stereocenters. The molecule has 0 spiro atoms. The zero-order valence-corrected chi connectivity index (χ0v) is 9.29. The number of rotatable bonds is 3. The number of ether oxygens (including phenoxy) is 1. The lowest BCUT2D eigenvalue weighted by Gasteiger charge is -2.34. The van der Waals surface area contributed by atoms with E-state index in [-0.39, 0.29) is 6.09 Å². The molecular formula is C11H21NO2. The molecule has 14 heavy (non-hydrogen) atoms. The summed E-state index contributed by atoms with van der Waals surface area (Å²) in [4.78, 5) is 13.3. The number of carbonyl (C=O) groups excluding carboxylic acids is 1. The average Bonchev–Trinajstić information content (AvgIpc) is 2.25. The number of piperidine rings is 1. The van der Waals surface area contributed by atoms with E-state index in [0.717, 1.165) is 25.8 Å². The number of unbranched alkanes of at least 4 members (excludes halogenated alkanes) is 1. The van der Waals surface area contributed by atoms with E-state index in [1.165, 1.54) is 26.4 Å². The molecule has 0 aromatic heterocycles. The number of methoxy groups -OCH3 is 1. The van der Waals surface area contributed by atoms with Gasteiger partial charge in [0.15, 0.2) is 0 Å². The maximum absolute atomic E-state index is 11.4. The Morgan fingerprint density at radius 1 is 1.50 bits per heavy atom. The predicted octanol–water partition coefficient (Wildman–Crippen LogP) is 2.80. The SMILES string of the molecule is CCCCC1CCCCN1C(=O)OC. The van der Waals surface area contributed by atoms with Crippen LogP contribution in [0.5, 0.6) is 0 Å². The molecule has 82 valence electrons. The lowest BCUT2D eigenvalue weighted by Crippen LogP contribution is -2.43. The number of hydrogen-bond acceptors (Lipinski definition) is 2. The van der Waals surface area contributed by atoms with Gasteiger partial charge in [-0.2, -0.15) is 0 Å². The Labute approximate surface area is 86.4 Å². The van der Waals surface area contributed by atoms with E-state index in [0.29, 0.717) is 6.04 Å². The van der Waals surface area contributed by atoms with E-state index in [2.05, 4.69) is 6.92 Å². The Morgan fingerprint density at radius 2 is 2.29 bits per heavy atom. The standard InChI is InChI=1S/C11H21NO2/c1-3-4-7-10-8-5-6-9-12(10)11(13)14-2/h10H,3-9H2,1-2H3. The van der Waals surface area contributed by atoms with Crippen LogP contribution >= 0.6 is 0 Å². The molecule has 0 aromatic carbocycles. The summed E-state index contributed by atoms with van der Waals surface area (Å²) in [5.74, 6) is 0. The molecule has 0 aromatic rings. The Morgan fingerprint density at radius 3 is 2.93 bits per heavy atom. The summed E-state index contributed by atoms with van der Waals surface area (Å²) in [6, 6.07) is 0.427. The van der Waals surface area contributed by atoms with E-state index in [9.17, 15) is 4.79 Å². The summed E-state index contributed by atoms with van der Waals surface area (Å²) >= 11 is 0. The Hall–Kier alpha value is -0.730. The molecule has 0 aliphatic carbocycles. The van der Waals surface area contributed by atoms with Crippen LogP contribution in [-0.4, -0.2) is 30.7 Å². The van der Waals surface area contributed by atoms with Gasteiger partial charge in [0, 0.05) is 12.6 Å². The number of nitrogens with zero attached hydrogens (tertiary/aromatic N) is 1. The van der Waals surface area contributed by atoms with Gasteiger partial charge in [0.25, 0.3) is 0 Å². The van der Waals surface area contributed by atoms with Gasteiger partial charge in [-0.3, -0.25) is 0 Å². The second-order valence-corrected chi connectivity index (χ2v) is 3.96. The lowest BCUT2D eigenvalue weighted by molar-refractivity contribution is 0.0862. The van der Waals surface area contributed by atoms with Crippen LogP contribution in [0.3, 0.4) is 0 Å². The molecule has 0 radical (unpaired) electrons. The molecule has 1 rings (SSSR count). The van der Waals surface area contributed by atoms with Crippen molar-refractivity contribution in [1.29, 1.82) is 0 Å². The van der Waals surface area contributed by atoms with Crippen molar-refractivity contribution in [2.75, 3.05) is 13.7 Å². The number of likely N-dealkylation sites (tertiary alicyclic amines) is 1. The van der Waals surface area contributed by atoms with Gasteiger partial charge in [-0.25, -0.2) is 4.79 Å². The van der Waals surface area contributed by atoms with E-state index < -0.39 is 0 Å². The van der Waals surface area contributed by atoms with Crippen LogP contribution in [0.2, 0.25) is 0 Å². The largest absolute Gasteiger partial charge is 0.453 e. The monoisotopic (exact) mass is 199 g/mol. The molecule has 3 nitrogen and oxygen atoms in total. The molecule has 1 amide bonds. The molecule has 1 saturated heterocycles. The quantitative estimate of drug-likeness (QED) is 0.699. The van der Waals surface area contributed by atoms with E-state index in [1.807, 2.05) is 4.90 Å². The van der Waals surface area contributed by atoms with Crippen LogP contribution < -0.4 is 0 Å². The van der Waals surface area contributed by atoms with E-state index in [1.54, 1.807) is 0 Å². The maximum atomic E-state index is 11.4. The van der Waals surface area contributed by atoms with E-state index >= 15 is 0 Å². The Bertz CT molecular complexity index is 182. The molecular weight excluding hydrogens is 178 g/mol. The molecule has 0 saturated carbocycles. The zero-order valence-electron chi connectivity index (χ0n) is 9.29. The van der Waals surface area contributed by atoms with Crippen LogP contribution in [-0.2, 0) is 4.74 Å². The molecule has 1 heterocycles. The van der Waals surface area contributed by atoms with Gasteiger partial charge in [-0.05, 0) is 25.7 Å². The summed E-state index contributed by atoms with van der Waals surface area (Å²) in [6.07, 6.45) is 6.91. The van der Waals surface area contributed by atoms with Gasteiger partial charge in [-0.1, -0.05) is 19.8 Å². The second kappa shape index (κ2) is 5.89. The van der Waals surface area contributed by atoms with E-state index in [4.69, 9.17) is 4.74 Å². The van der Waals surface area contributed by atoms with Crippen LogP contribution in [0.4, 0.5) is 4.79 Å². The highest BCUT2D eigenvalue weighted by atomic mass is 16.5. The highest BCUT2D eigenvalue weighted by molar-refractivity contribution is 5.67. The summed E-state index contributed by atoms with van der Waals surface area (Å²) in [6.45, 7) is 3.06. The summed E-state index contributed by atoms with van der Waals surface area (Å²) in [7, 11) is 1.47. The molecule has 1 aliphatic heterocycles. The topological polar surface area (TPSA) is 29.5 Å². The minimum atomic E-state index is -0.147. The van der Waals surface area contributed by atoms with Crippen LogP contribution in [0, 0.1) is 0 Å². The van der Waals surface area contributed by atoms with Gasteiger partial charge in [0.05, 0.1) is 7.11 Å². The second-order valence-electron chi connectivity index (χ2n) is 3.96. The number of amides is 1. The summed E-state index contributed by atoms with van der Waals surface area (Å²) < 4.78 is 4.79. The highest BCUT2D eigenvalue weighted by Crippen LogP contribution is 2.21. The van der Waals surface area contributed by atoms with Crippen molar-refractivity contribution in [1.82, 2.24) is 4.90 Å². The fourth-order valence-corrected chi connectivity index (χ4v) is 2.10. The smallest absolute Gasteiger partial charge is 0.409 e. The third-order valence-electron chi connectivity index (χ3n) is 2.93. The van der Waals surface area contributed by atoms with Crippen molar-refractivity contribution in [3.05, 3.63) is 0 Å². The minimum absolute atomic E-state index is 0.147. The fraction of sp³-hybridized carbons (Fsp3) is 0.909. The Kier molecular flexibility index (Phi) is 4.77. The van der Waals surface area contributed by atoms with Crippen molar-refractivity contribution >= 4 is 6.09 Å².